The Bertz CT molecular complexity index is 395. The van der Waals surface area contributed by atoms with E-state index in [0.29, 0.717) is 0 Å². The van der Waals surface area contributed by atoms with Crippen LogP contribution in [-0.2, 0) is 14.0 Å². The monoisotopic (exact) mass is 298 g/mol. The Morgan fingerprint density at radius 3 is 2.25 bits per heavy atom. The predicted octanol–water partition coefficient (Wildman–Crippen LogP) is 4.15. The minimum Gasteiger partial charge on any atom is -0.459 e. The van der Waals surface area contributed by atoms with Gasteiger partial charge in [0, 0.05) is 5.92 Å². The van der Waals surface area contributed by atoms with Gasteiger partial charge in [-0.2, -0.15) is 0 Å². The van der Waals surface area contributed by atoms with Crippen molar-refractivity contribution in [2.45, 2.75) is 71.9 Å². The molecule has 20 heavy (non-hydrogen) atoms. The maximum Gasteiger partial charge on any atom is 0.313 e. The van der Waals surface area contributed by atoms with Crippen LogP contribution in [0.4, 0.5) is 0 Å². The maximum atomic E-state index is 12.0. The Morgan fingerprint density at radius 2 is 1.90 bits per heavy atom. The Balaban J connectivity index is 2.82. The van der Waals surface area contributed by atoms with E-state index in [9.17, 15) is 4.79 Å². The van der Waals surface area contributed by atoms with E-state index in [1.165, 1.54) is 0 Å². The molecule has 0 N–H and O–H groups in total. The van der Waals surface area contributed by atoms with Gasteiger partial charge in [-0.3, -0.25) is 4.79 Å². The van der Waals surface area contributed by atoms with E-state index in [1.54, 1.807) is 0 Å². The fourth-order valence-corrected chi connectivity index (χ4v) is 4.02. The van der Waals surface area contributed by atoms with Gasteiger partial charge in [0.15, 0.2) is 8.32 Å². The predicted molar refractivity (Wildman–Crippen MR) is 85.1 cm³/mol. The molecule has 1 aliphatic rings. The summed E-state index contributed by atoms with van der Waals surface area (Å²) >= 11 is 0. The smallest absolute Gasteiger partial charge is 0.313 e. The summed E-state index contributed by atoms with van der Waals surface area (Å²) in [6.45, 7) is 21.0. The summed E-state index contributed by atoms with van der Waals surface area (Å²) in [4.78, 5) is 12.0. The van der Waals surface area contributed by atoms with Gasteiger partial charge in [0.05, 0.1) is 12.0 Å². The molecule has 0 radical (unpaired) electrons. The summed E-state index contributed by atoms with van der Waals surface area (Å²) in [6.07, 6.45) is -0.238. The lowest BCUT2D eigenvalue weighted by molar-refractivity contribution is -0.146. The Morgan fingerprint density at radius 1 is 1.40 bits per heavy atom. The van der Waals surface area contributed by atoms with Crippen molar-refractivity contribution in [3.05, 3.63) is 12.2 Å². The van der Waals surface area contributed by atoms with E-state index in [1.807, 2.05) is 13.8 Å². The molecule has 1 saturated heterocycles. The highest BCUT2D eigenvalue weighted by atomic mass is 28.4. The highest BCUT2D eigenvalue weighted by Crippen LogP contribution is 2.40. The number of hydrogen-bond acceptors (Lipinski definition) is 3. The zero-order valence-electron chi connectivity index (χ0n) is 14.2. The molecule has 4 heteroatoms. The Labute approximate surface area is 124 Å². The van der Waals surface area contributed by atoms with Crippen molar-refractivity contribution in [2.24, 2.45) is 11.8 Å². The van der Waals surface area contributed by atoms with Crippen molar-refractivity contribution < 1.29 is 14.0 Å². The summed E-state index contributed by atoms with van der Waals surface area (Å²) in [5, 5.41) is 0.154. The molecule has 0 spiro atoms. The van der Waals surface area contributed by atoms with Crippen LogP contribution < -0.4 is 0 Å². The van der Waals surface area contributed by atoms with Gasteiger partial charge in [0.25, 0.3) is 0 Å². The van der Waals surface area contributed by atoms with Crippen LogP contribution in [-0.4, -0.2) is 26.5 Å². The summed E-state index contributed by atoms with van der Waals surface area (Å²) in [5.74, 6) is -0.217. The molecule has 1 aliphatic heterocycles. The SMILES string of the molecule is C=C(C)[C@@H]1C(=O)O[C@@H]([C@H](C)O[Si](C)(C)C(C)(C)C)[C@H]1C. The highest BCUT2D eigenvalue weighted by Gasteiger charge is 2.47. The number of rotatable bonds is 4. The number of ether oxygens (including phenoxy) is 1. The summed E-state index contributed by atoms with van der Waals surface area (Å²) in [5.41, 5.74) is 0.879. The van der Waals surface area contributed by atoms with Crippen molar-refractivity contribution >= 4 is 14.3 Å². The van der Waals surface area contributed by atoms with Crippen molar-refractivity contribution in [3.63, 3.8) is 0 Å². The quantitative estimate of drug-likeness (QED) is 0.444. The van der Waals surface area contributed by atoms with Crippen molar-refractivity contribution in [3.8, 4) is 0 Å². The van der Waals surface area contributed by atoms with Gasteiger partial charge < -0.3 is 9.16 Å². The van der Waals surface area contributed by atoms with Crippen molar-refractivity contribution in [2.75, 3.05) is 0 Å². The van der Waals surface area contributed by atoms with Gasteiger partial charge in [-0.05, 0) is 32.0 Å². The third kappa shape index (κ3) is 3.34. The van der Waals surface area contributed by atoms with Crippen LogP contribution in [0.5, 0.6) is 0 Å². The van der Waals surface area contributed by atoms with Gasteiger partial charge in [-0.25, -0.2) is 0 Å². The molecule has 0 saturated carbocycles. The molecule has 0 amide bonds. The first-order valence-corrected chi connectivity index (χ1v) is 10.3. The van der Waals surface area contributed by atoms with E-state index in [2.05, 4.69) is 47.4 Å². The highest BCUT2D eigenvalue weighted by molar-refractivity contribution is 6.74. The standard InChI is InChI=1S/C16H30O3Si/c1-10(2)13-11(3)14(18-15(13)17)12(4)19-20(8,9)16(5,6)7/h11-14H,1H2,2-9H3/t11-,12-,13-,14+/m0/s1. The van der Waals surface area contributed by atoms with Crippen molar-refractivity contribution in [1.82, 2.24) is 0 Å². The number of carbonyl (C=O) groups excluding carboxylic acids is 1. The number of esters is 1. The fourth-order valence-electron chi connectivity index (χ4n) is 2.60. The zero-order valence-corrected chi connectivity index (χ0v) is 15.2. The van der Waals surface area contributed by atoms with E-state index in [4.69, 9.17) is 9.16 Å². The summed E-state index contributed by atoms with van der Waals surface area (Å²) in [7, 11) is -1.85. The van der Waals surface area contributed by atoms with E-state index in [0.717, 1.165) is 5.57 Å². The van der Waals surface area contributed by atoms with Crippen LogP contribution in [0.2, 0.25) is 18.1 Å². The first kappa shape index (κ1) is 17.4. The largest absolute Gasteiger partial charge is 0.459 e. The third-order valence-corrected chi connectivity index (χ3v) is 9.40. The van der Waals surface area contributed by atoms with Crippen LogP contribution in [0.25, 0.3) is 0 Å². The molecule has 3 nitrogen and oxygen atoms in total. The van der Waals surface area contributed by atoms with Gasteiger partial charge >= 0.3 is 5.97 Å². The molecule has 0 aromatic rings. The molecular formula is C16H30O3Si. The van der Waals surface area contributed by atoms with Crippen LogP contribution in [0.3, 0.4) is 0 Å². The second kappa shape index (κ2) is 5.64. The second-order valence-corrected chi connectivity index (χ2v) is 12.4. The lowest BCUT2D eigenvalue weighted by Gasteiger charge is -2.40. The normalized spacial score (nSPS) is 29.2. The molecule has 0 aromatic carbocycles. The molecule has 0 bridgehead atoms. The number of hydrogen-bond donors (Lipinski definition) is 0. The third-order valence-electron chi connectivity index (χ3n) is 4.83. The molecule has 4 atom stereocenters. The molecule has 116 valence electrons. The minimum absolute atomic E-state index is 0.0702. The van der Waals surface area contributed by atoms with Crippen LogP contribution >= 0.6 is 0 Å². The van der Waals surface area contributed by atoms with Crippen molar-refractivity contribution in [1.29, 1.82) is 0 Å². The fraction of sp³-hybridized carbons (Fsp3) is 0.812. The molecule has 1 fully saturated rings. The lowest BCUT2D eigenvalue weighted by Crippen LogP contribution is -2.47. The average molecular weight is 298 g/mol. The van der Waals surface area contributed by atoms with Gasteiger partial charge in [-0.1, -0.05) is 39.8 Å². The second-order valence-electron chi connectivity index (χ2n) is 7.67. The molecule has 1 heterocycles. The van der Waals surface area contributed by atoms with Gasteiger partial charge in [0.1, 0.15) is 6.10 Å². The Hall–Kier alpha value is -0.613. The topological polar surface area (TPSA) is 35.5 Å². The molecule has 1 rings (SSSR count). The number of cyclic esters (lactones) is 1. The molecule has 0 aliphatic carbocycles. The lowest BCUT2D eigenvalue weighted by atomic mass is 9.86. The molecule has 0 unspecified atom stereocenters. The van der Waals surface area contributed by atoms with Gasteiger partial charge in [0.2, 0.25) is 0 Å². The van der Waals surface area contributed by atoms with E-state index < -0.39 is 8.32 Å². The maximum absolute atomic E-state index is 12.0. The first-order valence-electron chi connectivity index (χ1n) is 7.42. The average Bonchev–Trinajstić information content (AvgIpc) is 2.51. The van der Waals surface area contributed by atoms with Gasteiger partial charge in [-0.15, -0.1) is 0 Å². The molecule has 0 aromatic heterocycles. The van der Waals surface area contributed by atoms with E-state index in [-0.39, 0.29) is 35.1 Å². The van der Waals surface area contributed by atoms with Crippen LogP contribution in [0, 0.1) is 11.8 Å². The molecular weight excluding hydrogens is 268 g/mol. The Kier molecular flexibility index (Phi) is 4.92. The van der Waals surface area contributed by atoms with Crippen LogP contribution in [0.1, 0.15) is 41.5 Å². The van der Waals surface area contributed by atoms with Crippen LogP contribution in [0.15, 0.2) is 12.2 Å². The summed E-state index contributed by atoms with van der Waals surface area (Å²) in [6, 6.07) is 0. The van der Waals surface area contributed by atoms with E-state index >= 15 is 0 Å². The number of carbonyl (C=O) groups is 1. The minimum atomic E-state index is -1.85. The first-order chi connectivity index (χ1) is 8.88. The summed E-state index contributed by atoms with van der Waals surface area (Å²) < 4.78 is 11.9. The zero-order chi connectivity index (χ0) is 15.9.